The van der Waals surface area contributed by atoms with Crippen molar-refractivity contribution in [2.75, 3.05) is 18.6 Å². The summed E-state index contributed by atoms with van der Waals surface area (Å²) in [6.45, 7) is 9.26. The van der Waals surface area contributed by atoms with Gasteiger partial charge >= 0.3 is 5.97 Å². The summed E-state index contributed by atoms with van der Waals surface area (Å²) in [7, 11) is -2.59. The number of hydroxylamine groups is 2. The van der Waals surface area contributed by atoms with Crippen molar-refractivity contribution in [3.05, 3.63) is 23.3 Å². The summed E-state index contributed by atoms with van der Waals surface area (Å²) in [5.74, 6) is -0.550. The largest absolute Gasteiger partial charge is 0.463 e. The van der Waals surface area contributed by atoms with E-state index in [-0.39, 0.29) is 17.9 Å². The summed E-state index contributed by atoms with van der Waals surface area (Å²) in [6.07, 6.45) is 4.57. The number of carbonyl (C=O) groups excluding carboxylic acids is 1. The van der Waals surface area contributed by atoms with Crippen molar-refractivity contribution in [2.24, 2.45) is 0 Å². The van der Waals surface area contributed by atoms with Crippen molar-refractivity contribution < 1.29 is 23.2 Å². The van der Waals surface area contributed by atoms with E-state index in [2.05, 4.69) is 0 Å². The van der Waals surface area contributed by atoms with Gasteiger partial charge in [-0.1, -0.05) is 6.08 Å². The fourth-order valence-corrected chi connectivity index (χ4v) is 3.99. The number of ether oxygens (including phenoxy) is 1. The Bertz CT molecular complexity index is 632. The Morgan fingerprint density at radius 3 is 2.35 bits per heavy atom. The van der Waals surface area contributed by atoms with Crippen molar-refractivity contribution >= 4 is 25.6 Å². The molecule has 1 aliphatic rings. The lowest BCUT2D eigenvalue weighted by molar-refractivity contribution is -0.184. The zero-order chi connectivity index (χ0) is 18.1. The standard InChI is InChI=1S/C15H25NO5S2/c1-7-21-13(17)11(10-22-23(6,19)20)8-12-9-14(2,3)16(18)15(12,4)5/h8-9,18H,7,10H2,1-6H3. The molecule has 1 N–H and O–H groups in total. The molecule has 0 fully saturated rings. The van der Waals surface area contributed by atoms with E-state index in [1.807, 2.05) is 33.8 Å². The maximum atomic E-state index is 12.1. The summed E-state index contributed by atoms with van der Waals surface area (Å²) >= 11 is 0. The molecule has 1 rings (SSSR count). The molecule has 0 aromatic rings. The Labute approximate surface area is 141 Å². The molecule has 8 heteroatoms. The molecule has 0 radical (unpaired) electrons. The van der Waals surface area contributed by atoms with E-state index in [4.69, 9.17) is 4.74 Å². The van der Waals surface area contributed by atoms with Gasteiger partial charge in [0.2, 0.25) is 0 Å². The lowest BCUT2D eigenvalue weighted by Crippen LogP contribution is -2.47. The maximum absolute atomic E-state index is 12.1. The van der Waals surface area contributed by atoms with Crippen LogP contribution in [0.2, 0.25) is 0 Å². The molecule has 1 aliphatic heterocycles. The van der Waals surface area contributed by atoms with E-state index >= 15 is 0 Å². The molecule has 0 aromatic heterocycles. The number of esters is 1. The molecule has 0 unspecified atom stereocenters. The highest BCUT2D eigenvalue weighted by molar-refractivity contribution is 8.71. The van der Waals surface area contributed by atoms with Crippen LogP contribution in [0.3, 0.4) is 0 Å². The van der Waals surface area contributed by atoms with E-state index in [0.717, 1.165) is 11.8 Å². The molecule has 0 saturated carbocycles. The van der Waals surface area contributed by atoms with Crippen LogP contribution in [0.15, 0.2) is 23.3 Å². The van der Waals surface area contributed by atoms with Gasteiger partial charge in [0.25, 0.3) is 0 Å². The topological polar surface area (TPSA) is 83.9 Å². The third kappa shape index (κ3) is 5.07. The van der Waals surface area contributed by atoms with E-state index in [9.17, 15) is 18.4 Å². The van der Waals surface area contributed by atoms with Gasteiger partial charge < -0.3 is 9.94 Å². The Balaban J connectivity index is 3.20. The Morgan fingerprint density at radius 2 is 1.96 bits per heavy atom. The summed E-state index contributed by atoms with van der Waals surface area (Å²) in [5, 5.41) is 11.5. The van der Waals surface area contributed by atoms with Crippen molar-refractivity contribution in [3.63, 3.8) is 0 Å². The van der Waals surface area contributed by atoms with Crippen LogP contribution in [0, 0.1) is 0 Å². The zero-order valence-electron chi connectivity index (χ0n) is 14.4. The summed E-state index contributed by atoms with van der Waals surface area (Å²) in [4.78, 5) is 12.1. The van der Waals surface area contributed by atoms with Crippen molar-refractivity contribution in [1.82, 2.24) is 5.06 Å². The highest BCUT2D eigenvalue weighted by Crippen LogP contribution is 2.39. The minimum atomic E-state index is -3.27. The number of nitrogens with zero attached hydrogens (tertiary/aromatic N) is 1. The Morgan fingerprint density at radius 1 is 1.39 bits per heavy atom. The van der Waals surface area contributed by atoms with Crippen LogP contribution in [0.25, 0.3) is 0 Å². The van der Waals surface area contributed by atoms with Crippen molar-refractivity contribution in [1.29, 1.82) is 0 Å². The summed E-state index contributed by atoms with van der Waals surface area (Å²) in [5.41, 5.74) is -0.286. The van der Waals surface area contributed by atoms with Gasteiger partial charge in [-0.25, -0.2) is 13.2 Å². The van der Waals surface area contributed by atoms with Gasteiger partial charge in [-0.2, -0.15) is 5.06 Å². The number of hydrogen-bond acceptors (Lipinski definition) is 7. The first-order valence-electron chi connectivity index (χ1n) is 7.26. The molecule has 1 heterocycles. The molecule has 0 atom stereocenters. The minimum absolute atomic E-state index is 0.00303. The molecule has 0 aliphatic carbocycles. The van der Waals surface area contributed by atoms with Crippen LogP contribution >= 0.6 is 10.8 Å². The highest BCUT2D eigenvalue weighted by atomic mass is 33.1. The summed E-state index contributed by atoms with van der Waals surface area (Å²) in [6, 6.07) is 0. The van der Waals surface area contributed by atoms with Gasteiger partial charge in [0.1, 0.15) is 0 Å². The molecule has 0 bridgehead atoms. The molecule has 6 nitrogen and oxygen atoms in total. The lowest BCUT2D eigenvalue weighted by atomic mass is 9.94. The molecule has 0 amide bonds. The minimum Gasteiger partial charge on any atom is -0.463 e. The quantitative estimate of drug-likeness (QED) is 0.440. The Hall–Kier alpha value is -0.830. The monoisotopic (exact) mass is 363 g/mol. The van der Waals surface area contributed by atoms with Crippen LogP contribution in [0.5, 0.6) is 0 Å². The smallest absolute Gasteiger partial charge is 0.334 e. The molecule has 0 spiro atoms. The fraction of sp³-hybridized carbons (Fsp3) is 0.667. The molecular formula is C15H25NO5S2. The number of rotatable bonds is 6. The van der Waals surface area contributed by atoms with E-state index in [1.165, 1.54) is 5.06 Å². The number of hydrogen-bond donors (Lipinski definition) is 1. The molecule has 0 saturated heterocycles. The average molecular weight is 364 g/mol. The van der Waals surface area contributed by atoms with Crippen molar-refractivity contribution in [3.8, 4) is 0 Å². The van der Waals surface area contributed by atoms with Crippen LogP contribution in [-0.2, 0) is 18.4 Å². The zero-order valence-corrected chi connectivity index (χ0v) is 16.0. The van der Waals surface area contributed by atoms with Crippen LogP contribution in [0.4, 0.5) is 0 Å². The van der Waals surface area contributed by atoms with Crippen molar-refractivity contribution in [2.45, 2.75) is 45.7 Å². The molecule has 0 aromatic carbocycles. The summed E-state index contributed by atoms with van der Waals surface area (Å²) < 4.78 is 27.7. The van der Waals surface area contributed by atoms with Gasteiger partial charge in [0.05, 0.1) is 17.7 Å². The van der Waals surface area contributed by atoms with Gasteiger partial charge in [0, 0.05) is 17.6 Å². The predicted octanol–water partition coefficient (Wildman–Crippen LogP) is 2.36. The van der Waals surface area contributed by atoms with Gasteiger partial charge in [0.15, 0.2) is 8.87 Å². The van der Waals surface area contributed by atoms with Gasteiger partial charge in [-0.15, -0.1) is 0 Å². The second-order valence-corrected chi connectivity index (χ2v) is 10.9. The van der Waals surface area contributed by atoms with Crippen LogP contribution in [0.1, 0.15) is 34.6 Å². The normalized spacial score (nSPS) is 21.2. The first-order chi connectivity index (χ1) is 10.3. The SMILES string of the molecule is CCOC(=O)C(=CC1=CC(C)(C)N(O)C1(C)C)CSS(C)(=O)=O. The maximum Gasteiger partial charge on any atom is 0.334 e. The molecule has 23 heavy (non-hydrogen) atoms. The first kappa shape index (κ1) is 20.2. The fourth-order valence-electron chi connectivity index (χ4n) is 2.42. The third-order valence-electron chi connectivity index (χ3n) is 3.59. The first-order valence-corrected chi connectivity index (χ1v) is 10.7. The van der Waals surface area contributed by atoms with Crippen LogP contribution < -0.4 is 0 Å². The molecular weight excluding hydrogens is 338 g/mol. The second-order valence-electron chi connectivity index (χ2n) is 6.48. The predicted molar refractivity (Wildman–Crippen MR) is 91.9 cm³/mol. The molecule has 132 valence electrons. The van der Waals surface area contributed by atoms with E-state index < -0.39 is 25.9 Å². The highest BCUT2D eigenvalue weighted by Gasteiger charge is 2.44. The third-order valence-corrected chi connectivity index (χ3v) is 6.08. The Kier molecular flexibility index (Phi) is 6.12. The average Bonchev–Trinajstić information content (AvgIpc) is 2.54. The van der Waals surface area contributed by atoms with Gasteiger partial charge in [-0.05, 0) is 57.1 Å². The van der Waals surface area contributed by atoms with Gasteiger partial charge in [-0.3, -0.25) is 0 Å². The second kappa shape index (κ2) is 6.96. The lowest BCUT2D eigenvalue weighted by Gasteiger charge is -2.35. The number of carbonyl (C=O) groups is 1. The van der Waals surface area contributed by atoms with E-state index in [0.29, 0.717) is 10.8 Å². The van der Waals surface area contributed by atoms with E-state index in [1.54, 1.807) is 13.0 Å². The van der Waals surface area contributed by atoms with Crippen LogP contribution in [-0.4, -0.2) is 54.4 Å².